The van der Waals surface area contributed by atoms with E-state index in [9.17, 15) is 9.59 Å². The van der Waals surface area contributed by atoms with Gasteiger partial charge in [0.25, 0.3) is 0 Å². The molecule has 1 aliphatic rings. The fourth-order valence-electron chi connectivity index (χ4n) is 1.43. The molecule has 0 bridgehead atoms. The van der Waals surface area contributed by atoms with Crippen molar-refractivity contribution in [3.05, 3.63) is 0 Å². The number of nitrogens with zero attached hydrogens (tertiary/aromatic N) is 1. The summed E-state index contributed by atoms with van der Waals surface area (Å²) in [5.74, 6) is -0.0147. The quantitative estimate of drug-likeness (QED) is 0.515. The third-order valence-electron chi connectivity index (χ3n) is 2.21. The molecule has 1 rings (SSSR count). The van der Waals surface area contributed by atoms with E-state index in [4.69, 9.17) is 10.8 Å². The molecule has 6 nitrogen and oxygen atoms in total. The molecule has 1 heterocycles. The van der Waals surface area contributed by atoms with Gasteiger partial charge >= 0.3 is 6.03 Å². The van der Waals surface area contributed by atoms with Crippen LogP contribution in [-0.4, -0.2) is 48.2 Å². The Morgan fingerprint density at radius 3 is 2.64 bits per heavy atom. The summed E-state index contributed by atoms with van der Waals surface area (Å²) in [4.78, 5) is 23.3. The van der Waals surface area contributed by atoms with Crippen LogP contribution in [0.1, 0.15) is 6.42 Å². The molecular formula is C8H15N3O3. The van der Waals surface area contributed by atoms with Crippen LogP contribution < -0.4 is 11.1 Å². The van der Waals surface area contributed by atoms with Crippen molar-refractivity contribution >= 4 is 11.9 Å². The van der Waals surface area contributed by atoms with Gasteiger partial charge in [-0.3, -0.25) is 10.1 Å². The van der Waals surface area contributed by atoms with Crippen molar-refractivity contribution < 1.29 is 14.7 Å². The number of carbonyl (C=O) groups excluding carboxylic acids is 2. The number of nitrogens with one attached hydrogen (secondary N) is 1. The SMILES string of the molecule is NC(=O)NC(=O)CCN1CC(CO)C1. The van der Waals surface area contributed by atoms with Gasteiger partial charge in [0, 0.05) is 38.6 Å². The number of carbonyl (C=O) groups is 2. The van der Waals surface area contributed by atoms with Gasteiger partial charge in [-0.25, -0.2) is 4.79 Å². The molecule has 0 aromatic carbocycles. The van der Waals surface area contributed by atoms with E-state index in [1.165, 1.54) is 0 Å². The Bertz CT molecular complexity index is 226. The number of amides is 3. The minimum absolute atomic E-state index is 0.198. The van der Waals surface area contributed by atoms with Crippen molar-refractivity contribution in [2.75, 3.05) is 26.2 Å². The lowest BCUT2D eigenvalue weighted by Crippen LogP contribution is -2.49. The van der Waals surface area contributed by atoms with E-state index in [1.54, 1.807) is 0 Å². The Hall–Kier alpha value is -1.14. The molecular weight excluding hydrogens is 186 g/mol. The van der Waals surface area contributed by atoms with Crippen LogP contribution in [0, 0.1) is 5.92 Å². The van der Waals surface area contributed by atoms with E-state index in [-0.39, 0.29) is 18.9 Å². The van der Waals surface area contributed by atoms with Crippen LogP contribution in [0.3, 0.4) is 0 Å². The molecule has 6 heteroatoms. The second kappa shape index (κ2) is 4.92. The van der Waals surface area contributed by atoms with Crippen LogP contribution in [-0.2, 0) is 4.79 Å². The van der Waals surface area contributed by atoms with Gasteiger partial charge in [0.15, 0.2) is 0 Å². The van der Waals surface area contributed by atoms with Crippen LogP contribution in [0.25, 0.3) is 0 Å². The largest absolute Gasteiger partial charge is 0.396 e. The predicted molar refractivity (Wildman–Crippen MR) is 49.4 cm³/mol. The van der Waals surface area contributed by atoms with Crippen molar-refractivity contribution in [3.8, 4) is 0 Å². The van der Waals surface area contributed by atoms with Crippen molar-refractivity contribution in [1.82, 2.24) is 10.2 Å². The van der Waals surface area contributed by atoms with Crippen LogP contribution >= 0.6 is 0 Å². The average molecular weight is 201 g/mol. The Morgan fingerprint density at radius 1 is 1.50 bits per heavy atom. The number of urea groups is 1. The molecule has 14 heavy (non-hydrogen) atoms. The number of aliphatic hydroxyl groups is 1. The lowest BCUT2D eigenvalue weighted by atomic mass is 10.0. The lowest BCUT2D eigenvalue weighted by Gasteiger charge is -2.37. The summed E-state index contributed by atoms with van der Waals surface area (Å²) >= 11 is 0. The van der Waals surface area contributed by atoms with Crippen LogP contribution in [0.15, 0.2) is 0 Å². The standard InChI is InChI=1S/C8H15N3O3/c9-8(14)10-7(13)1-2-11-3-6(4-11)5-12/h6,12H,1-5H2,(H3,9,10,13,14). The first-order valence-electron chi connectivity index (χ1n) is 4.54. The Morgan fingerprint density at radius 2 is 2.14 bits per heavy atom. The average Bonchev–Trinajstić information content (AvgIpc) is 2.00. The maximum atomic E-state index is 11.0. The fraction of sp³-hybridized carbons (Fsp3) is 0.750. The highest BCUT2D eigenvalue weighted by molar-refractivity contribution is 5.93. The molecule has 0 aromatic heterocycles. The molecule has 0 aliphatic carbocycles. The van der Waals surface area contributed by atoms with Crippen molar-refractivity contribution in [3.63, 3.8) is 0 Å². The molecule has 0 aromatic rings. The first-order valence-corrected chi connectivity index (χ1v) is 4.54. The molecule has 80 valence electrons. The van der Waals surface area contributed by atoms with E-state index >= 15 is 0 Å². The van der Waals surface area contributed by atoms with Crippen LogP contribution in [0.2, 0.25) is 0 Å². The Kier molecular flexibility index (Phi) is 3.84. The first-order chi connectivity index (χ1) is 6.61. The molecule has 1 fully saturated rings. The van der Waals surface area contributed by atoms with Gasteiger partial charge in [0.2, 0.25) is 5.91 Å². The van der Waals surface area contributed by atoms with Gasteiger partial charge in [-0.1, -0.05) is 0 Å². The lowest BCUT2D eigenvalue weighted by molar-refractivity contribution is -0.120. The molecule has 0 spiro atoms. The van der Waals surface area contributed by atoms with E-state index in [0.29, 0.717) is 12.5 Å². The highest BCUT2D eigenvalue weighted by Crippen LogP contribution is 2.13. The highest BCUT2D eigenvalue weighted by atomic mass is 16.3. The molecule has 0 unspecified atom stereocenters. The maximum absolute atomic E-state index is 11.0. The summed E-state index contributed by atoms with van der Waals surface area (Å²) in [6.45, 7) is 2.44. The van der Waals surface area contributed by atoms with E-state index in [0.717, 1.165) is 13.1 Å². The first kappa shape index (κ1) is 10.9. The Labute approximate surface area is 82.1 Å². The number of hydrogen-bond donors (Lipinski definition) is 3. The number of likely N-dealkylation sites (tertiary alicyclic amines) is 1. The number of primary amides is 1. The van der Waals surface area contributed by atoms with Gasteiger partial charge in [-0.15, -0.1) is 0 Å². The third kappa shape index (κ3) is 3.31. The Balaban J connectivity index is 2.04. The molecule has 0 radical (unpaired) electrons. The number of aliphatic hydroxyl groups excluding tert-OH is 1. The summed E-state index contributed by atoms with van der Waals surface area (Å²) in [5.41, 5.74) is 4.77. The summed E-state index contributed by atoms with van der Waals surface area (Å²) in [6, 6.07) is -0.813. The minimum Gasteiger partial charge on any atom is -0.396 e. The monoisotopic (exact) mass is 201 g/mol. The van der Waals surface area contributed by atoms with Crippen LogP contribution in [0.4, 0.5) is 4.79 Å². The molecule has 1 saturated heterocycles. The zero-order valence-corrected chi connectivity index (χ0v) is 7.90. The second-order valence-corrected chi connectivity index (χ2v) is 3.47. The van der Waals surface area contributed by atoms with Gasteiger partial charge in [-0.2, -0.15) is 0 Å². The normalized spacial score (nSPS) is 17.5. The topological polar surface area (TPSA) is 95.7 Å². The smallest absolute Gasteiger partial charge is 0.318 e. The van der Waals surface area contributed by atoms with Gasteiger partial charge < -0.3 is 15.7 Å². The third-order valence-corrected chi connectivity index (χ3v) is 2.21. The minimum atomic E-state index is -0.813. The molecule has 0 saturated carbocycles. The van der Waals surface area contributed by atoms with E-state index < -0.39 is 6.03 Å². The molecule has 1 aliphatic heterocycles. The number of hydrogen-bond acceptors (Lipinski definition) is 4. The van der Waals surface area contributed by atoms with Gasteiger partial charge in [-0.05, 0) is 0 Å². The summed E-state index contributed by atoms with van der Waals surface area (Å²) < 4.78 is 0. The van der Waals surface area contributed by atoms with E-state index in [1.807, 2.05) is 10.2 Å². The second-order valence-electron chi connectivity index (χ2n) is 3.47. The summed E-state index contributed by atoms with van der Waals surface area (Å²) in [6.07, 6.45) is 0.265. The van der Waals surface area contributed by atoms with Crippen molar-refractivity contribution in [1.29, 1.82) is 0 Å². The van der Waals surface area contributed by atoms with Gasteiger partial charge in [0.05, 0.1) is 0 Å². The number of nitrogens with two attached hydrogens (primary N) is 1. The van der Waals surface area contributed by atoms with Crippen molar-refractivity contribution in [2.24, 2.45) is 11.7 Å². The molecule has 0 atom stereocenters. The molecule has 3 amide bonds. The summed E-state index contributed by atoms with van der Waals surface area (Å²) in [5, 5.41) is 10.7. The highest BCUT2D eigenvalue weighted by Gasteiger charge is 2.25. The van der Waals surface area contributed by atoms with Gasteiger partial charge in [0.1, 0.15) is 0 Å². The van der Waals surface area contributed by atoms with Crippen LogP contribution in [0.5, 0.6) is 0 Å². The molecule has 4 N–H and O–H groups in total. The number of imide groups is 1. The maximum Gasteiger partial charge on any atom is 0.318 e. The van der Waals surface area contributed by atoms with E-state index in [2.05, 4.69) is 0 Å². The summed E-state index contributed by atoms with van der Waals surface area (Å²) in [7, 11) is 0. The zero-order chi connectivity index (χ0) is 10.6. The van der Waals surface area contributed by atoms with Crippen molar-refractivity contribution in [2.45, 2.75) is 6.42 Å². The number of rotatable bonds is 4. The predicted octanol–water partition coefficient (Wildman–Crippen LogP) is -1.50. The zero-order valence-electron chi connectivity index (χ0n) is 7.90. The fourth-order valence-corrected chi connectivity index (χ4v) is 1.43.